The van der Waals surface area contributed by atoms with Crippen LogP contribution in [0.4, 0.5) is 8.78 Å². The molecule has 4 nitrogen and oxygen atoms in total. The Hall–Kier alpha value is -3.45. The number of fused-ring (bicyclic) bond motifs is 1. The Morgan fingerprint density at radius 3 is 2.42 bits per heavy atom. The van der Waals surface area contributed by atoms with Crippen LogP contribution in [-0.2, 0) is 0 Å². The lowest BCUT2D eigenvalue weighted by Crippen LogP contribution is -2.21. The van der Waals surface area contributed by atoms with E-state index in [9.17, 15) is 13.6 Å². The van der Waals surface area contributed by atoms with Gasteiger partial charge in [0.1, 0.15) is 5.75 Å². The maximum atomic E-state index is 13.2. The van der Waals surface area contributed by atoms with Crippen molar-refractivity contribution in [2.24, 2.45) is 0 Å². The molecule has 0 amide bonds. The molecule has 4 aromatic rings. The van der Waals surface area contributed by atoms with Gasteiger partial charge in [0.25, 0.3) is 5.56 Å². The number of alkyl halides is 2. The van der Waals surface area contributed by atoms with Crippen molar-refractivity contribution in [3.05, 3.63) is 101 Å². The second kappa shape index (κ2) is 9.57. The molecule has 0 fully saturated rings. The molecule has 0 N–H and O–H groups in total. The second-order valence-corrected chi connectivity index (χ2v) is 7.54. The van der Waals surface area contributed by atoms with E-state index in [0.29, 0.717) is 27.5 Å². The quantitative estimate of drug-likeness (QED) is 0.272. The molecule has 0 saturated carbocycles. The zero-order chi connectivity index (χ0) is 21.6. The zero-order valence-electron chi connectivity index (χ0n) is 16.3. The maximum Gasteiger partial charge on any atom is 0.387 e. The second-order valence-electron chi connectivity index (χ2n) is 6.55. The lowest BCUT2D eigenvalue weighted by atomic mass is 10.2. The van der Waals surface area contributed by atoms with Gasteiger partial charge in [0.15, 0.2) is 5.16 Å². The highest BCUT2D eigenvalue weighted by atomic mass is 32.2. The average Bonchev–Trinajstić information content (AvgIpc) is 2.78. The van der Waals surface area contributed by atoms with Crippen LogP contribution in [0.15, 0.2) is 94.9 Å². The number of para-hydroxylation sites is 1. The van der Waals surface area contributed by atoms with E-state index in [1.54, 1.807) is 30.3 Å². The monoisotopic (exact) mass is 436 g/mol. The molecule has 1 aromatic heterocycles. The highest BCUT2D eigenvalue weighted by Crippen LogP contribution is 2.23. The number of benzene rings is 3. The third-order valence-electron chi connectivity index (χ3n) is 4.48. The molecule has 0 atom stereocenters. The fraction of sp³-hybridized carbons (Fsp3) is 0.0833. The lowest BCUT2D eigenvalue weighted by molar-refractivity contribution is -0.0498. The van der Waals surface area contributed by atoms with Gasteiger partial charge < -0.3 is 4.74 Å². The first-order chi connectivity index (χ1) is 15.1. The third kappa shape index (κ3) is 5.00. The fourth-order valence-corrected chi connectivity index (χ4v) is 3.91. The largest absolute Gasteiger partial charge is 0.435 e. The van der Waals surface area contributed by atoms with Gasteiger partial charge in [-0.05, 0) is 42.0 Å². The van der Waals surface area contributed by atoms with Crippen molar-refractivity contribution in [3.8, 4) is 11.4 Å². The van der Waals surface area contributed by atoms with Crippen molar-refractivity contribution in [2.45, 2.75) is 11.8 Å². The van der Waals surface area contributed by atoms with E-state index in [2.05, 4.69) is 9.72 Å². The summed E-state index contributed by atoms with van der Waals surface area (Å²) in [6.07, 6.45) is 4.01. The van der Waals surface area contributed by atoms with E-state index in [-0.39, 0.29) is 11.3 Å². The van der Waals surface area contributed by atoms with Gasteiger partial charge in [-0.25, -0.2) is 4.98 Å². The first kappa shape index (κ1) is 20.8. The van der Waals surface area contributed by atoms with Crippen molar-refractivity contribution in [3.63, 3.8) is 0 Å². The van der Waals surface area contributed by atoms with Gasteiger partial charge in [0.05, 0.1) is 16.6 Å². The minimum absolute atomic E-state index is 0.0283. The normalized spacial score (nSPS) is 11.5. The summed E-state index contributed by atoms with van der Waals surface area (Å²) in [7, 11) is 0. The van der Waals surface area contributed by atoms with Crippen molar-refractivity contribution in [1.82, 2.24) is 9.55 Å². The van der Waals surface area contributed by atoms with Gasteiger partial charge in [-0.2, -0.15) is 8.78 Å². The van der Waals surface area contributed by atoms with E-state index < -0.39 is 6.61 Å². The Bertz CT molecular complexity index is 1260. The van der Waals surface area contributed by atoms with Gasteiger partial charge >= 0.3 is 6.61 Å². The minimum Gasteiger partial charge on any atom is -0.435 e. The van der Waals surface area contributed by atoms with Gasteiger partial charge in [-0.15, -0.1) is 0 Å². The molecule has 7 heteroatoms. The number of rotatable bonds is 7. The van der Waals surface area contributed by atoms with E-state index >= 15 is 0 Å². The van der Waals surface area contributed by atoms with Crippen molar-refractivity contribution < 1.29 is 13.5 Å². The average molecular weight is 436 g/mol. The van der Waals surface area contributed by atoms with Crippen molar-refractivity contribution >= 4 is 28.7 Å². The van der Waals surface area contributed by atoms with Gasteiger partial charge in [0, 0.05) is 5.75 Å². The molecule has 0 bridgehead atoms. The summed E-state index contributed by atoms with van der Waals surface area (Å²) in [5.41, 5.74) is 2.00. The van der Waals surface area contributed by atoms with Crippen LogP contribution in [0.1, 0.15) is 5.56 Å². The van der Waals surface area contributed by atoms with Gasteiger partial charge in [-0.3, -0.25) is 9.36 Å². The molecule has 0 radical (unpaired) electrons. The molecule has 156 valence electrons. The molecule has 4 rings (SSSR count). The standard InChI is InChI=1S/C24H18F2N2O2S/c25-23(26)30-19-14-12-18(13-15-19)28-22(29)20-10-4-5-11-21(20)27-24(28)31-16-6-9-17-7-2-1-3-8-17/h1-15,23H,16H2/b9-6+. The van der Waals surface area contributed by atoms with Crippen LogP contribution in [0.2, 0.25) is 0 Å². The number of aromatic nitrogens is 2. The summed E-state index contributed by atoms with van der Waals surface area (Å²) in [6.45, 7) is -2.90. The fourth-order valence-electron chi connectivity index (χ4n) is 3.08. The van der Waals surface area contributed by atoms with Crippen LogP contribution >= 0.6 is 11.8 Å². The van der Waals surface area contributed by atoms with Gasteiger partial charge in [-0.1, -0.05) is 66.4 Å². The zero-order valence-corrected chi connectivity index (χ0v) is 17.1. The SMILES string of the molecule is O=c1c2ccccc2nc(SC/C=C/c2ccccc2)n1-c1ccc(OC(F)F)cc1. The van der Waals surface area contributed by atoms with Crippen molar-refractivity contribution in [2.75, 3.05) is 5.75 Å². The highest BCUT2D eigenvalue weighted by molar-refractivity contribution is 7.99. The summed E-state index contributed by atoms with van der Waals surface area (Å²) < 4.78 is 30.8. The Morgan fingerprint density at radius 2 is 1.68 bits per heavy atom. The molecule has 0 unspecified atom stereocenters. The molecular formula is C24H18F2N2O2S. The van der Waals surface area contributed by atoms with Crippen LogP contribution in [0, 0.1) is 0 Å². The molecule has 0 spiro atoms. The molecule has 3 aromatic carbocycles. The maximum absolute atomic E-state index is 13.2. The molecule has 0 aliphatic heterocycles. The topological polar surface area (TPSA) is 44.1 Å². The predicted molar refractivity (Wildman–Crippen MR) is 120 cm³/mol. The molecular weight excluding hydrogens is 418 g/mol. The summed E-state index contributed by atoms with van der Waals surface area (Å²) in [6, 6.07) is 23.0. The third-order valence-corrected chi connectivity index (χ3v) is 5.37. The molecule has 31 heavy (non-hydrogen) atoms. The number of thioether (sulfide) groups is 1. The van der Waals surface area contributed by atoms with Crippen molar-refractivity contribution in [1.29, 1.82) is 0 Å². The van der Waals surface area contributed by atoms with Crippen LogP contribution in [0.3, 0.4) is 0 Å². The Kier molecular flexibility index (Phi) is 6.43. The number of ether oxygens (including phenoxy) is 1. The van der Waals surface area contributed by atoms with Crippen LogP contribution in [-0.4, -0.2) is 21.9 Å². The van der Waals surface area contributed by atoms with Crippen LogP contribution in [0.5, 0.6) is 5.75 Å². The molecule has 0 aliphatic carbocycles. The smallest absolute Gasteiger partial charge is 0.387 e. The number of halogens is 2. The van der Waals surface area contributed by atoms with E-state index in [1.807, 2.05) is 48.6 Å². The Balaban J connectivity index is 1.68. The number of nitrogens with zero attached hydrogens (tertiary/aromatic N) is 2. The van der Waals surface area contributed by atoms with Crippen LogP contribution < -0.4 is 10.3 Å². The van der Waals surface area contributed by atoms with Crippen LogP contribution in [0.25, 0.3) is 22.7 Å². The van der Waals surface area contributed by atoms with E-state index in [1.165, 1.54) is 28.5 Å². The number of hydrogen-bond donors (Lipinski definition) is 0. The first-order valence-corrected chi connectivity index (χ1v) is 10.5. The summed E-state index contributed by atoms with van der Waals surface area (Å²) >= 11 is 1.42. The summed E-state index contributed by atoms with van der Waals surface area (Å²) in [5.74, 6) is 0.632. The minimum atomic E-state index is -2.90. The predicted octanol–water partition coefficient (Wildman–Crippen LogP) is 5.79. The van der Waals surface area contributed by atoms with E-state index in [4.69, 9.17) is 0 Å². The number of hydrogen-bond acceptors (Lipinski definition) is 4. The molecule has 1 heterocycles. The lowest BCUT2D eigenvalue weighted by Gasteiger charge is -2.13. The Morgan fingerprint density at radius 1 is 0.968 bits per heavy atom. The van der Waals surface area contributed by atoms with Gasteiger partial charge in [0.2, 0.25) is 0 Å². The highest BCUT2D eigenvalue weighted by Gasteiger charge is 2.13. The van der Waals surface area contributed by atoms with E-state index in [0.717, 1.165) is 5.56 Å². The molecule has 0 aliphatic rings. The summed E-state index contributed by atoms with van der Waals surface area (Å²) in [4.78, 5) is 17.9. The molecule has 0 saturated heterocycles. The Labute approximate surface area is 181 Å². The first-order valence-electron chi connectivity index (χ1n) is 9.53. The summed E-state index contributed by atoms with van der Waals surface area (Å²) in [5, 5.41) is 1.00.